The van der Waals surface area contributed by atoms with Gasteiger partial charge in [-0.2, -0.15) is 0 Å². The first kappa shape index (κ1) is 10.9. The monoisotopic (exact) mass is 214 g/mol. The molecule has 0 atom stereocenters. The number of nitrogens with zero attached hydrogens (tertiary/aromatic N) is 1. The Morgan fingerprint density at radius 2 is 2.06 bits per heavy atom. The Morgan fingerprint density at radius 1 is 1.31 bits per heavy atom. The van der Waals surface area contributed by atoms with Crippen molar-refractivity contribution in [2.45, 2.75) is 33.1 Å². The highest BCUT2D eigenvalue weighted by Crippen LogP contribution is 2.28. The van der Waals surface area contributed by atoms with Crippen LogP contribution in [0.1, 0.15) is 37.9 Å². The molecule has 2 N–H and O–H groups in total. The summed E-state index contributed by atoms with van der Waals surface area (Å²) in [7, 11) is 0. The van der Waals surface area contributed by atoms with Gasteiger partial charge in [0.15, 0.2) is 0 Å². The van der Waals surface area contributed by atoms with Crippen LogP contribution in [0, 0.1) is 0 Å². The molecule has 0 bridgehead atoms. The van der Waals surface area contributed by atoms with Crippen molar-refractivity contribution in [3.05, 3.63) is 35.5 Å². The minimum atomic E-state index is 0.402. The molecule has 2 rings (SSSR count). The maximum absolute atomic E-state index is 5.84. The average molecular weight is 214 g/mol. The summed E-state index contributed by atoms with van der Waals surface area (Å²) in [5, 5.41) is 2.49. The van der Waals surface area contributed by atoms with Crippen LogP contribution in [0.25, 0.3) is 10.8 Å². The molecule has 0 aliphatic rings. The van der Waals surface area contributed by atoms with E-state index in [2.05, 4.69) is 44.0 Å². The Labute approximate surface area is 96.5 Å². The number of nitrogen functional groups attached to an aromatic ring is 1. The van der Waals surface area contributed by atoms with Crippen molar-refractivity contribution >= 4 is 16.6 Å². The van der Waals surface area contributed by atoms with E-state index >= 15 is 0 Å². The number of anilines is 1. The van der Waals surface area contributed by atoms with Crippen LogP contribution in [-0.4, -0.2) is 4.98 Å². The number of aromatic nitrogens is 1. The number of hydrogen-bond donors (Lipinski definition) is 1. The quantitative estimate of drug-likeness (QED) is 0.831. The molecule has 84 valence electrons. The number of rotatable bonds is 2. The first-order chi connectivity index (χ1) is 7.63. The second kappa shape index (κ2) is 4.12. The average Bonchev–Trinajstić information content (AvgIpc) is 2.26. The van der Waals surface area contributed by atoms with Gasteiger partial charge in [0.25, 0.3) is 0 Å². The fourth-order valence-electron chi connectivity index (χ4n) is 2.15. The lowest BCUT2D eigenvalue weighted by molar-refractivity contribution is 0.835. The zero-order chi connectivity index (χ0) is 11.7. The molecule has 0 fully saturated rings. The van der Waals surface area contributed by atoms with E-state index < -0.39 is 0 Å². The van der Waals surface area contributed by atoms with Gasteiger partial charge in [0, 0.05) is 5.39 Å². The molecule has 0 amide bonds. The van der Waals surface area contributed by atoms with Crippen molar-refractivity contribution < 1.29 is 0 Å². The van der Waals surface area contributed by atoms with Gasteiger partial charge in [-0.05, 0) is 29.4 Å². The molecule has 1 heterocycles. The Bertz CT molecular complexity index is 515. The topological polar surface area (TPSA) is 38.9 Å². The molecular formula is C14H18N2. The van der Waals surface area contributed by atoms with Crippen LogP contribution in [0.4, 0.5) is 5.82 Å². The van der Waals surface area contributed by atoms with E-state index in [-0.39, 0.29) is 0 Å². The largest absolute Gasteiger partial charge is 0.384 e. The first-order valence-corrected chi connectivity index (χ1v) is 5.81. The molecule has 2 heteroatoms. The summed E-state index contributed by atoms with van der Waals surface area (Å²) in [5.74, 6) is 1.02. The molecule has 0 spiro atoms. The third kappa shape index (κ3) is 1.75. The predicted octanol–water partition coefficient (Wildman–Crippen LogP) is 3.50. The number of fused-ring (bicyclic) bond motifs is 1. The lowest BCUT2D eigenvalue weighted by Crippen LogP contribution is -2.01. The molecule has 2 aromatic rings. The standard InChI is InChI=1S/C14H18N2/c1-4-10-6-5-7-11-8-12(15)16-14(9(2)3)13(10)11/h5-9H,4H2,1-3H3,(H2,15,16). The van der Waals surface area contributed by atoms with Gasteiger partial charge >= 0.3 is 0 Å². The van der Waals surface area contributed by atoms with Crippen LogP contribution in [0.3, 0.4) is 0 Å². The van der Waals surface area contributed by atoms with Gasteiger partial charge in [-0.25, -0.2) is 4.98 Å². The molecule has 0 radical (unpaired) electrons. The smallest absolute Gasteiger partial charge is 0.124 e. The van der Waals surface area contributed by atoms with E-state index in [4.69, 9.17) is 5.73 Å². The predicted molar refractivity (Wildman–Crippen MR) is 69.6 cm³/mol. The number of nitrogens with two attached hydrogens (primary N) is 1. The van der Waals surface area contributed by atoms with Crippen LogP contribution in [0.5, 0.6) is 0 Å². The zero-order valence-corrected chi connectivity index (χ0v) is 10.1. The van der Waals surface area contributed by atoms with Crippen molar-refractivity contribution in [2.75, 3.05) is 5.73 Å². The van der Waals surface area contributed by atoms with E-state index in [0.29, 0.717) is 11.7 Å². The summed E-state index contributed by atoms with van der Waals surface area (Å²) in [5.41, 5.74) is 8.32. The molecule has 1 aromatic carbocycles. The minimum Gasteiger partial charge on any atom is -0.384 e. The molecule has 0 saturated heterocycles. The fourth-order valence-corrected chi connectivity index (χ4v) is 2.15. The lowest BCUT2D eigenvalue weighted by Gasteiger charge is -2.13. The second-order valence-electron chi connectivity index (χ2n) is 4.46. The van der Waals surface area contributed by atoms with E-state index in [1.54, 1.807) is 0 Å². The third-order valence-electron chi connectivity index (χ3n) is 2.92. The number of benzene rings is 1. The Balaban J connectivity index is 2.85. The van der Waals surface area contributed by atoms with Crippen molar-refractivity contribution in [1.29, 1.82) is 0 Å². The van der Waals surface area contributed by atoms with Crippen molar-refractivity contribution in [3.63, 3.8) is 0 Å². The van der Waals surface area contributed by atoms with Gasteiger partial charge in [0.1, 0.15) is 5.82 Å². The Morgan fingerprint density at radius 3 is 2.69 bits per heavy atom. The zero-order valence-electron chi connectivity index (χ0n) is 10.1. The second-order valence-corrected chi connectivity index (χ2v) is 4.46. The summed E-state index contributed by atoms with van der Waals surface area (Å²) in [4.78, 5) is 4.49. The van der Waals surface area contributed by atoms with Gasteiger partial charge in [0.05, 0.1) is 5.69 Å². The normalized spacial score (nSPS) is 11.2. The van der Waals surface area contributed by atoms with Crippen LogP contribution in [-0.2, 0) is 6.42 Å². The van der Waals surface area contributed by atoms with Crippen LogP contribution >= 0.6 is 0 Å². The highest BCUT2D eigenvalue weighted by Gasteiger charge is 2.11. The van der Waals surface area contributed by atoms with E-state index in [0.717, 1.165) is 12.1 Å². The number of pyridine rings is 1. The molecule has 0 saturated carbocycles. The van der Waals surface area contributed by atoms with Crippen LogP contribution < -0.4 is 5.73 Å². The molecule has 0 aliphatic heterocycles. The van der Waals surface area contributed by atoms with E-state index in [1.165, 1.54) is 16.3 Å². The highest BCUT2D eigenvalue weighted by molar-refractivity contribution is 5.89. The van der Waals surface area contributed by atoms with E-state index in [1.807, 2.05) is 6.07 Å². The van der Waals surface area contributed by atoms with E-state index in [9.17, 15) is 0 Å². The highest BCUT2D eigenvalue weighted by atomic mass is 14.8. The summed E-state index contributed by atoms with van der Waals surface area (Å²) in [6.07, 6.45) is 1.03. The summed E-state index contributed by atoms with van der Waals surface area (Å²) in [6.45, 7) is 6.50. The summed E-state index contributed by atoms with van der Waals surface area (Å²) < 4.78 is 0. The van der Waals surface area contributed by atoms with Gasteiger partial charge < -0.3 is 5.73 Å². The number of hydrogen-bond acceptors (Lipinski definition) is 2. The molecular weight excluding hydrogens is 196 g/mol. The van der Waals surface area contributed by atoms with Gasteiger partial charge in [-0.1, -0.05) is 39.0 Å². The minimum absolute atomic E-state index is 0.402. The van der Waals surface area contributed by atoms with Crippen LogP contribution in [0.2, 0.25) is 0 Å². The summed E-state index contributed by atoms with van der Waals surface area (Å²) >= 11 is 0. The Kier molecular flexibility index (Phi) is 2.82. The Hall–Kier alpha value is -1.57. The van der Waals surface area contributed by atoms with Gasteiger partial charge in [-0.15, -0.1) is 0 Å². The fraction of sp³-hybridized carbons (Fsp3) is 0.357. The first-order valence-electron chi connectivity index (χ1n) is 5.81. The molecule has 2 nitrogen and oxygen atoms in total. The molecule has 16 heavy (non-hydrogen) atoms. The van der Waals surface area contributed by atoms with Crippen molar-refractivity contribution in [1.82, 2.24) is 4.98 Å². The van der Waals surface area contributed by atoms with Crippen molar-refractivity contribution in [2.24, 2.45) is 0 Å². The van der Waals surface area contributed by atoms with Gasteiger partial charge in [-0.3, -0.25) is 0 Å². The molecule has 0 unspecified atom stereocenters. The maximum Gasteiger partial charge on any atom is 0.124 e. The molecule has 0 aliphatic carbocycles. The van der Waals surface area contributed by atoms with Crippen molar-refractivity contribution in [3.8, 4) is 0 Å². The lowest BCUT2D eigenvalue weighted by atomic mass is 9.96. The van der Waals surface area contributed by atoms with Gasteiger partial charge in [0.2, 0.25) is 0 Å². The molecule has 1 aromatic heterocycles. The van der Waals surface area contributed by atoms with Crippen LogP contribution in [0.15, 0.2) is 24.3 Å². The maximum atomic E-state index is 5.84. The third-order valence-corrected chi connectivity index (χ3v) is 2.92. The summed E-state index contributed by atoms with van der Waals surface area (Å²) in [6, 6.07) is 8.33. The number of aryl methyl sites for hydroxylation is 1. The SMILES string of the molecule is CCc1cccc2cc(N)nc(C(C)C)c12.